The molecule has 0 unspecified atom stereocenters. The maximum atomic E-state index is 13.7. The van der Waals surface area contributed by atoms with Crippen LogP contribution in [0.25, 0.3) is 0 Å². The second kappa shape index (κ2) is 8.90. The van der Waals surface area contributed by atoms with Crippen molar-refractivity contribution in [2.45, 2.75) is 13.2 Å². The van der Waals surface area contributed by atoms with Gasteiger partial charge >= 0.3 is 5.97 Å². The molecule has 2 N–H and O–H groups in total. The molecule has 3 rings (SSSR count). The van der Waals surface area contributed by atoms with Gasteiger partial charge in [-0.25, -0.2) is 9.18 Å². The van der Waals surface area contributed by atoms with E-state index in [1.165, 1.54) is 6.07 Å². The van der Waals surface area contributed by atoms with Crippen molar-refractivity contribution in [3.63, 3.8) is 0 Å². The first-order chi connectivity index (χ1) is 13.6. The number of hydrogen-bond donors (Lipinski definition) is 2. The van der Waals surface area contributed by atoms with Crippen LogP contribution < -0.4 is 14.8 Å². The Bertz CT molecular complexity index is 957. The second-order valence-electron chi connectivity index (χ2n) is 6.10. The molecule has 0 spiro atoms. The molecule has 0 atom stereocenters. The number of methoxy groups -OCH3 is 1. The van der Waals surface area contributed by atoms with Gasteiger partial charge < -0.3 is 19.9 Å². The van der Waals surface area contributed by atoms with Gasteiger partial charge in [-0.15, -0.1) is 0 Å². The lowest BCUT2D eigenvalue weighted by atomic mass is 10.1. The zero-order valence-corrected chi connectivity index (χ0v) is 15.3. The van der Waals surface area contributed by atoms with Crippen molar-refractivity contribution >= 4 is 11.7 Å². The highest BCUT2D eigenvalue weighted by Crippen LogP contribution is 2.29. The summed E-state index contributed by atoms with van der Waals surface area (Å²) in [5.41, 5.74) is 2.48. The summed E-state index contributed by atoms with van der Waals surface area (Å²) in [5, 5.41) is 12.2. The van der Waals surface area contributed by atoms with E-state index in [0.29, 0.717) is 23.6 Å². The van der Waals surface area contributed by atoms with Crippen LogP contribution in [0.2, 0.25) is 0 Å². The molecule has 0 amide bonds. The lowest BCUT2D eigenvalue weighted by Crippen LogP contribution is -2.03. The number of halogens is 1. The third-order valence-electron chi connectivity index (χ3n) is 4.20. The zero-order chi connectivity index (χ0) is 19.9. The molecular weight excluding hydrogens is 361 g/mol. The molecule has 6 heteroatoms. The Kier molecular flexibility index (Phi) is 6.11. The van der Waals surface area contributed by atoms with Crippen molar-refractivity contribution in [1.82, 2.24) is 0 Å². The summed E-state index contributed by atoms with van der Waals surface area (Å²) in [6, 6.07) is 18.5. The van der Waals surface area contributed by atoms with Gasteiger partial charge in [0.25, 0.3) is 0 Å². The van der Waals surface area contributed by atoms with Crippen LogP contribution in [0.3, 0.4) is 0 Å². The van der Waals surface area contributed by atoms with Crippen molar-refractivity contribution < 1.29 is 23.8 Å². The van der Waals surface area contributed by atoms with E-state index in [-0.39, 0.29) is 18.0 Å². The monoisotopic (exact) mass is 381 g/mol. The molecule has 28 heavy (non-hydrogen) atoms. The van der Waals surface area contributed by atoms with Gasteiger partial charge in [0.05, 0.1) is 12.7 Å². The number of anilines is 1. The molecule has 3 aromatic carbocycles. The first-order valence-electron chi connectivity index (χ1n) is 8.67. The van der Waals surface area contributed by atoms with Crippen LogP contribution in [0.15, 0.2) is 66.7 Å². The standard InChI is InChI=1S/C22H20FNO4/c1-27-21-12-15(13-24-18-9-7-16(8-10-18)22(25)26)6-11-20(21)28-14-17-4-2-3-5-19(17)23/h2-12,24H,13-14H2,1H3,(H,25,26). The zero-order valence-electron chi connectivity index (χ0n) is 15.3. The summed E-state index contributed by atoms with van der Waals surface area (Å²) >= 11 is 0. The maximum absolute atomic E-state index is 13.7. The molecule has 144 valence electrons. The van der Waals surface area contributed by atoms with E-state index in [1.54, 1.807) is 55.6 Å². The number of aromatic carboxylic acids is 1. The van der Waals surface area contributed by atoms with Crippen molar-refractivity contribution in [3.8, 4) is 11.5 Å². The van der Waals surface area contributed by atoms with Crippen LogP contribution in [0.4, 0.5) is 10.1 Å². The minimum atomic E-state index is -0.956. The molecular formula is C22H20FNO4. The summed E-state index contributed by atoms with van der Waals surface area (Å²) in [6.45, 7) is 0.632. The number of benzene rings is 3. The summed E-state index contributed by atoms with van der Waals surface area (Å²) in [4.78, 5) is 10.9. The Balaban J connectivity index is 1.63. The molecule has 0 aliphatic rings. The molecule has 0 saturated carbocycles. The molecule has 0 heterocycles. The highest BCUT2D eigenvalue weighted by atomic mass is 19.1. The maximum Gasteiger partial charge on any atom is 0.335 e. The normalized spacial score (nSPS) is 10.4. The van der Waals surface area contributed by atoms with Crippen LogP contribution >= 0.6 is 0 Å². The van der Waals surface area contributed by atoms with Gasteiger partial charge in [-0.05, 0) is 48.0 Å². The lowest BCUT2D eigenvalue weighted by molar-refractivity contribution is 0.0697. The van der Waals surface area contributed by atoms with Crippen molar-refractivity contribution in [2.24, 2.45) is 0 Å². The molecule has 0 saturated heterocycles. The average molecular weight is 381 g/mol. The third-order valence-corrected chi connectivity index (χ3v) is 4.20. The first-order valence-corrected chi connectivity index (χ1v) is 8.67. The van der Waals surface area contributed by atoms with Crippen LogP contribution in [-0.4, -0.2) is 18.2 Å². The largest absolute Gasteiger partial charge is 0.493 e. The number of ether oxygens (including phenoxy) is 2. The van der Waals surface area contributed by atoms with Gasteiger partial charge in [0.2, 0.25) is 0 Å². The topological polar surface area (TPSA) is 67.8 Å². The quantitative estimate of drug-likeness (QED) is 0.591. The van der Waals surface area contributed by atoms with Gasteiger partial charge in [-0.2, -0.15) is 0 Å². The van der Waals surface area contributed by atoms with E-state index in [4.69, 9.17) is 14.6 Å². The van der Waals surface area contributed by atoms with Crippen LogP contribution in [0.1, 0.15) is 21.5 Å². The number of carboxylic acids is 1. The Labute approximate surface area is 162 Å². The van der Waals surface area contributed by atoms with E-state index in [0.717, 1.165) is 11.3 Å². The van der Waals surface area contributed by atoms with Gasteiger partial charge in [0.15, 0.2) is 11.5 Å². The molecule has 0 radical (unpaired) electrons. The number of carboxylic acid groups (broad SMARTS) is 1. The van der Waals surface area contributed by atoms with E-state index < -0.39 is 5.97 Å². The summed E-state index contributed by atoms with van der Waals surface area (Å²) < 4.78 is 24.8. The van der Waals surface area contributed by atoms with Gasteiger partial charge in [0, 0.05) is 17.8 Å². The fraction of sp³-hybridized carbons (Fsp3) is 0.136. The average Bonchev–Trinajstić information content (AvgIpc) is 2.72. The molecule has 0 aliphatic carbocycles. The van der Waals surface area contributed by atoms with Crippen molar-refractivity contribution in [3.05, 3.63) is 89.2 Å². The number of hydrogen-bond acceptors (Lipinski definition) is 4. The van der Waals surface area contributed by atoms with Gasteiger partial charge in [0.1, 0.15) is 12.4 Å². The minimum absolute atomic E-state index is 0.108. The first kappa shape index (κ1) is 19.2. The number of nitrogens with one attached hydrogen (secondary N) is 1. The van der Waals surface area contributed by atoms with Crippen molar-refractivity contribution in [1.29, 1.82) is 0 Å². The molecule has 0 fully saturated rings. The fourth-order valence-electron chi connectivity index (χ4n) is 2.65. The minimum Gasteiger partial charge on any atom is -0.493 e. The number of rotatable bonds is 8. The summed E-state index contributed by atoms with van der Waals surface area (Å²) in [7, 11) is 1.55. The second-order valence-corrected chi connectivity index (χ2v) is 6.10. The SMILES string of the molecule is COc1cc(CNc2ccc(C(=O)O)cc2)ccc1OCc1ccccc1F. The molecule has 0 aliphatic heterocycles. The Hall–Kier alpha value is -3.54. The smallest absolute Gasteiger partial charge is 0.335 e. The van der Waals surface area contributed by atoms with E-state index in [1.807, 2.05) is 12.1 Å². The highest BCUT2D eigenvalue weighted by Gasteiger charge is 2.08. The predicted molar refractivity (Wildman–Crippen MR) is 104 cm³/mol. The number of carbonyl (C=O) groups is 1. The Morgan fingerprint density at radius 1 is 1.04 bits per heavy atom. The van der Waals surface area contributed by atoms with Crippen LogP contribution in [-0.2, 0) is 13.2 Å². The van der Waals surface area contributed by atoms with Gasteiger partial charge in [-0.3, -0.25) is 0 Å². The van der Waals surface area contributed by atoms with Crippen LogP contribution in [0.5, 0.6) is 11.5 Å². The van der Waals surface area contributed by atoms with E-state index in [9.17, 15) is 9.18 Å². The Morgan fingerprint density at radius 3 is 2.46 bits per heavy atom. The van der Waals surface area contributed by atoms with E-state index in [2.05, 4.69) is 5.32 Å². The lowest BCUT2D eigenvalue weighted by Gasteiger charge is -2.13. The fourth-order valence-corrected chi connectivity index (χ4v) is 2.65. The summed E-state index contributed by atoms with van der Waals surface area (Å²) in [6.07, 6.45) is 0. The molecule has 0 bridgehead atoms. The third kappa shape index (κ3) is 4.79. The summed E-state index contributed by atoms with van der Waals surface area (Å²) in [5.74, 6) is -0.185. The highest BCUT2D eigenvalue weighted by molar-refractivity contribution is 5.87. The Morgan fingerprint density at radius 2 is 1.79 bits per heavy atom. The van der Waals surface area contributed by atoms with Crippen LogP contribution in [0, 0.1) is 5.82 Å². The molecule has 5 nitrogen and oxygen atoms in total. The van der Waals surface area contributed by atoms with Gasteiger partial charge in [-0.1, -0.05) is 24.3 Å². The molecule has 0 aromatic heterocycles. The van der Waals surface area contributed by atoms with E-state index >= 15 is 0 Å². The van der Waals surface area contributed by atoms with Crippen molar-refractivity contribution in [2.75, 3.05) is 12.4 Å². The predicted octanol–water partition coefficient (Wildman–Crippen LogP) is 4.72. The molecule has 3 aromatic rings.